The molecule has 2 aromatic carbocycles. The van der Waals surface area contributed by atoms with Crippen LogP contribution in [0.2, 0.25) is 0 Å². The van der Waals surface area contributed by atoms with Crippen LogP contribution in [-0.2, 0) is 12.8 Å². The average molecular weight is 331 g/mol. The second kappa shape index (κ2) is 5.35. The minimum absolute atomic E-state index is 0.00484. The maximum Gasteiger partial charge on any atom is 0.417 e. The van der Waals surface area contributed by atoms with E-state index in [2.05, 4.69) is 15.9 Å². The lowest BCUT2D eigenvalue weighted by molar-refractivity contribution is -0.138. The van der Waals surface area contributed by atoms with Gasteiger partial charge in [-0.05, 0) is 28.8 Å². The van der Waals surface area contributed by atoms with Crippen LogP contribution in [0.25, 0.3) is 11.1 Å². The lowest BCUT2D eigenvalue weighted by Crippen LogP contribution is -2.06. The summed E-state index contributed by atoms with van der Waals surface area (Å²) in [4.78, 5) is 0. The van der Waals surface area contributed by atoms with Crippen molar-refractivity contribution in [2.45, 2.75) is 12.8 Å². The van der Waals surface area contributed by atoms with E-state index < -0.39 is 11.7 Å². The Hall–Kier alpha value is -1.33. The number of aliphatic hydroxyl groups is 1. The Morgan fingerprint density at radius 2 is 1.74 bits per heavy atom. The summed E-state index contributed by atoms with van der Waals surface area (Å²) in [5, 5.41) is 9.23. The monoisotopic (exact) mass is 330 g/mol. The Labute approximate surface area is 116 Å². The molecule has 0 aromatic heterocycles. The predicted octanol–water partition coefficient (Wildman–Crippen LogP) is 4.63. The number of benzene rings is 2. The van der Waals surface area contributed by atoms with E-state index in [9.17, 15) is 18.3 Å². The normalized spacial score (nSPS) is 11.6. The van der Waals surface area contributed by atoms with Gasteiger partial charge in [0.05, 0.1) is 12.2 Å². The number of hydrogen-bond donors (Lipinski definition) is 1. The van der Waals surface area contributed by atoms with Gasteiger partial charge in [-0.25, -0.2) is 0 Å². The van der Waals surface area contributed by atoms with Gasteiger partial charge in [-0.1, -0.05) is 46.3 Å². The van der Waals surface area contributed by atoms with Gasteiger partial charge in [0.15, 0.2) is 0 Å². The molecule has 0 aliphatic rings. The molecule has 1 nitrogen and oxygen atoms in total. The van der Waals surface area contributed by atoms with Crippen LogP contribution in [0.15, 0.2) is 46.9 Å². The Balaban J connectivity index is 2.58. The molecule has 0 fully saturated rings. The first kappa shape index (κ1) is 14.1. The van der Waals surface area contributed by atoms with E-state index >= 15 is 0 Å². The van der Waals surface area contributed by atoms with Gasteiger partial charge < -0.3 is 5.11 Å². The van der Waals surface area contributed by atoms with Gasteiger partial charge in [-0.3, -0.25) is 0 Å². The van der Waals surface area contributed by atoms with Crippen molar-refractivity contribution in [1.29, 1.82) is 0 Å². The highest BCUT2D eigenvalue weighted by molar-refractivity contribution is 9.10. The SMILES string of the molecule is OCc1ccccc1-c1ccc(Br)c(C(F)(F)F)c1. The zero-order valence-electron chi connectivity index (χ0n) is 9.71. The van der Waals surface area contributed by atoms with Crippen molar-refractivity contribution in [2.75, 3.05) is 0 Å². The van der Waals surface area contributed by atoms with Gasteiger partial charge in [0.2, 0.25) is 0 Å². The summed E-state index contributed by atoms with van der Waals surface area (Å²) in [6.45, 7) is -0.215. The third kappa shape index (κ3) is 2.98. The molecule has 0 atom stereocenters. The maximum atomic E-state index is 12.8. The van der Waals surface area contributed by atoms with E-state index in [1.807, 2.05) is 0 Å². The average Bonchev–Trinajstić information content (AvgIpc) is 2.38. The second-order valence-electron chi connectivity index (χ2n) is 4.01. The predicted molar refractivity (Wildman–Crippen MR) is 70.5 cm³/mol. The smallest absolute Gasteiger partial charge is 0.392 e. The summed E-state index contributed by atoms with van der Waals surface area (Å²) < 4.78 is 38.5. The first-order valence-corrected chi connectivity index (χ1v) is 6.28. The molecule has 2 aromatic rings. The molecule has 1 N–H and O–H groups in total. The van der Waals surface area contributed by atoms with Crippen LogP contribution in [0, 0.1) is 0 Å². The van der Waals surface area contributed by atoms with Crippen molar-refractivity contribution in [3.8, 4) is 11.1 Å². The molecule has 0 aliphatic heterocycles. The molecule has 0 radical (unpaired) electrons. The number of alkyl halides is 3. The Morgan fingerprint density at radius 3 is 2.37 bits per heavy atom. The molecular weight excluding hydrogens is 321 g/mol. The summed E-state index contributed by atoms with van der Waals surface area (Å²) in [5.41, 5.74) is 0.902. The van der Waals surface area contributed by atoms with Crippen LogP contribution in [0.1, 0.15) is 11.1 Å². The van der Waals surface area contributed by atoms with Gasteiger partial charge in [0, 0.05) is 4.47 Å². The Morgan fingerprint density at radius 1 is 1.05 bits per heavy atom. The van der Waals surface area contributed by atoms with Crippen LogP contribution in [0.4, 0.5) is 13.2 Å². The van der Waals surface area contributed by atoms with Crippen molar-refractivity contribution in [3.63, 3.8) is 0 Å². The molecular formula is C14H10BrF3O. The summed E-state index contributed by atoms with van der Waals surface area (Å²) in [7, 11) is 0. The van der Waals surface area contributed by atoms with E-state index in [0.717, 1.165) is 6.07 Å². The lowest BCUT2D eigenvalue weighted by atomic mass is 9.98. The van der Waals surface area contributed by atoms with Gasteiger partial charge in [0.1, 0.15) is 0 Å². The Bertz CT molecular complexity index is 593. The fraction of sp³-hybridized carbons (Fsp3) is 0.143. The van der Waals surface area contributed by atoms with Gasteiger partial charge in [-0.15, -0.1) is 0 Å². The van der Waals surface area contributed by atoms with E-state index in [-0.39, 0.29) is 11.1 Å². The van der Waals surface area contributed by atoms with Crippen molar-refractivity contribution in [2.24, 2.45) is 0 Å². The van der Waals surface area contributed by atoms with Gasteiger partial charge >= 0.3 is 6.18 Å². The molecule has 0 aliphatic carbocycles. The molecule has 0 amide bonds. The molecule has 19 heavy (non-hydrogen) atoms. The fourth-order valence-corrected chi connectivity index (χ4v) is 2.32. The van der Waals surface area contributed by atoms with Crippen LogP contribution in [-0.4, -0.2) is 5.11 Å². The molecule has 0 bridgehead atoms. The van der Waals surface area contributed by atoms with E-state index in [4.69, 9.17) is 0 Å². The minimum atomic E-state index is -4.41. The first-order valence-electron chi connectivity index (χ1n) is 5.49. The van der Waals surface area contributed by atoms with Crippen molar-refractivity contribution >= 4 is 15.9 Å². The summed E-state index contributed by atoms with van der Waals surface area (Å²) >= 11 is 2.90. The third-order valence-corrected chi connectivity index (χ3v) is 3.46. The zero-order chi connectivity index (χ0) is 14.0. The van der Waals surface area contributed by atoms with E-state index in [0.29, 0.717) is 16.7 Å². The topological polar surface area (TPSA) is 20.2 Å². The highest BCUT2D eigenvalue weighted by Crippen LogP contribution is 2.37. The molecule has 2 rings (SSSR count). The summed E-state index contributed by atoms with van der Waals surface area (Å²) in [5.74, 6) is 0. The van der Waals surface area contributed by atoms with Crippen LogP contribution >= 0.6 is 15.9 Å². The van der Waals surface area contributed by atoms with Gasteiger partial charge in [0.25, 0.3) is 0 Å². The first-order chi connectivity index (χ1) is 8.93. The fourth-order valence-electron chi connectivity index (χ4n) is 1.85. The third-order valence-electron chi connectivity index (χ3n) is 2.77. The highest BCUT2D eigenvalue weighted by atomic mass is 79.9. The van der Waals surface area contributed by atoms with E-state index in [1.54, 1.807) is 30.3 Å². The number of halogens is 4. The van der Waals surface area contributed by atoms with Crippen LogP contribution in [0.5, 0.6) is 0 Å². The minimum Gasteiger partial charge on any atom is -0.392 e. The van der Waals surface area contributed by atoms with Crippen molar-refractivity contribution in [3.05, 3.63) is 58.1 Å². The quantitative estimate of drug-likeness (QED) is 0.851. The van der Waals surface area contributed by atoms with Crippen LogP contribution in [0.3, 0.4) is 0 Å². The van der Waals surface area contributed by atoms with Crippen molar-refractivity contribution < 1.29 is 18.3 Å². The molecule has 0 saturated heterocycles. The largest absolute Gasteiger partial charge is 0.417 e. The molecule has 100 valence electrons. The van der Waals surface area contributed by atoms with Gasteiger partial charge in [-0.2, -0.15) is 13.2 Å². The lowest BCUT2D eigenvalue weighted by Gasteiger charge is -2.13. The molecule has 0 unspecified atom stereocenters. The molecule has 0 saturated carbocycles. The number of rotatable bonds is 2. The number of hydrogen-bond acceptors (Lipinski definition) is 1. The molecule has 0 spiro atoms. The molecule has 5 heteroatoms. The second-order valence-corrected chi connectivity index (χ2v) is 4.86. The number of aliphatic hydroxyl groups excluding tert-OH is 1. The standard InChI is InChI=1S/C14H10BrF3O/c15-13-6-5-9(7-12(13)14(16,17)18)11-4-2-1-3-10(11)8-19/h1-7,19H,8H2. The highest BCUT2D eigenvalue weighted by Gasteiger charge is 2.33. The summed E-state index contributed by atoms with van der Waals surface area (Å²) in [6.07, 6.45) is -4.41. The summed E-state index contributed by atoms with van der Waals surface area (Å²) in [6, 6.07) is 10.9. The van der Waals surface area contributed by atoms with Crippen molar-refractivity contribution in [1.82, 2.24) is 0 Å². The Kier molecular flexibility index (Phi) is 3.96. The maximum absolute atomic E-state index is 12.8. The molecule has 0 heterocycles. The zero-order valence-corrected chi connectivity index (χ0v) is 11.3. The van der Waals surface area contributed by atoms with Crippen LogP contribution < -0.4 is 0 Å². The van der Waals surface area contributed by atoms with E-state index in [1.165, 1.54) is 6.07 Å².